The first-order chi connectivity index (χ1) is 14.4. The fraction of sp³-hybridized carbons (Fsp3) is 0.421. The molecule has 0 radical (unpaired) electrons. The van der Waals surface area contributed by atoms with Crippen LogP contribution in [0.4, 0.5) is 14.2 Å². The van der Waals surface area contributed by atoms with E-state index in [9.17, 15) is 19.1 Å². The molecule has 1 aromatic heterocycles. The number of benzene rings is 1. The van der Waals surface area contributed by atoms with Crippen molar-refractivity contribution in [3.05, 3.63) is 40.7 Å². The van der Waals surface area contributed by atoms with E-state index in [1.54, 1.807) is 19.1 Å². The molecule has 3 rings (SSSR count). The van der Waals surface area contributed by atoms with Crippen molar-refractivity contribution in [1.82, 2.24) is 14.6 Å². The minimum atomic E-state index is -1.30. The number of morpholine rings is 1. The lowest BCUT2D eigenvalue weighted by Gasteiger charge is -2.26. The van der Waals surface area contributed by atoms with Crippen molar-refractivity contribution >= 4 is 28.5 Å². The smallest absolute Gasteiger partial charge is 0.344 e. The van der Waals surface area contributed by atoms with Crippen LogP contribution in [0, 0.1) is 12.7 Å². The summed E-state index contributed by atoms with van der Waals surface area (Å²) >= 11 is 0.788. The van der Waals surface area contributed by atoms with Gasteiger partial charge in [-0.1, -0.05) is 12.1 Å². The number of aromatic carboxylic acids is 1. The molecule has 0 atom stereocenters. The molecule has 1 aromatic carbocycles. The third-order valence-corrected chi connectivity index (χ3v) is 5.24. The molecule has 2 aromatic rings. The molecule has 0 spiro atoms. The summed E-state index contributed by atoms with van der Waals surface area (Å²) in [6.07, 6.45) is 0. The highest BCUT2D eigenvalue weighted by atomic mass is 32.1. The standard InChI is InChI=1S/C19H23FN4O5S/c1-12-2-3-13(14(20)10-12)11-29-16-15(18(25)26)17(30-23-16)22-19(27)21-4-5-24-6-8-28-9-7-24/h2-3,10H,4-9,11H2,1H3,(H,25,26)(H2,21,22,27). The lowest BCUT2D eigenvalue weighted by Crippen LogP contribution is -2.42. The van der Waals surface area contributed by atoms with Crippen molar-refractivity contribution in [3.63, 3.8) is 0 Å². The summed E-state index contributed by atoms with van der Waals surface area (Å²) < 4.78 is 28.6. The van der Waals surface area contributed by atoms with Crippen molar-refractivity contribution < 1.29 is 28.6 Å². The molecule has 162 valence electrons. The van der Waals surface area contributed by atoms with Crippen LogP contribution in [0.2, 0.25) is 0 Å². The van der Waals surface area contributed by atoms with Crippen LogP contribution in [0.5, 0.6) is 5.88 Å². The van der Waals surface area contributed by atoms with Crippen LogP contribution in [-0.2, 0) is 11.3 Å². The van der Waals surface area contributed by atoms with Crippen LogP contribution < -0.4 is 15.4 Å². The Morgan fingerprint density at radius 2 is 2.13 bits per heavy atom. The number of urea groups is 1. The second-order valence-electron chi connectivity index (χ2n) is 6.72. The van der Waals surface area contributed by atoms with Gasteiger partial charge in [0.1, 0.15) is 17.4 Å². The molecule has 2 amide bonds. The van der Waals surface area contributed by atoms with E-state index in [0.717, 1.165) is 30.2 Å². The second kappa shape index (κ2) is 10.3. The molecule has 11 heteroatoms. The molecular formula is C19H23FN4O5S. The number of ether oxygens (including phenoxy) is 2. The monoisotopic (exact) mass is 438 g/mol. The number of carboxylic acids is 1. The van der Waals surface area contributed by atoms with Gasteiger partial charge in [0, 0.05) is 31.7 Å². The number of halogens is 1. The number of hydrogen-bond donors (Lipinski definition) is 3. The molecule has 30 heavy (non-hydrogen) atoms. The molecule has 2 heterocycles. The zero-order valence-electron chi connectivity index (χ0n) is 16.4. The van der Waals surface area contributed by atoms with Crippen molar-refractivity contribution in [1.29, 1.82) is 0 Å². The van der Waals surface area contributed by atoms with Crippen LogP contribution >= 0.6 is 11.5 Å². The molecule has 0 aliphatic carbocycles. The van der Waals surface area contributed by atoms with Gasteiger partial charge in [-0.2, -0.15) is 4.37 Å². The Bertz CT molecular complexity index is 901. The summed E-state index contributed by atoms with van der Waals surface area (Å²) in [6.45, 7) is 5.62. The number of nitrogens with one attached hydrogen (secondary N) is 2. The Morgan fingerprint density at radius 3 is 2.83 bits per heavy atom. The van der Waals surface area contributed by atoms with Gasteiger partial charge in [0.25, 0.3) is 0 Å². The second-order valence-corrected chi connectivity index (χ2v) is 7.49. The van der Waals surface area contributed by atoms with E-state index >= 15 is 0 Å². The minimum Gasteiger partial charge on any atom is -0.477 e. The number of aromatic nitrogens is 1. The van der Waals surface area contributed by atoms with Crippen molar-refractivity contribution in [3.8, 4) is 5.88 Å². The van der Waals surface area contributed by atoms with Gasteiger partial charge in [-0.3, -0.25) is 10.2 Å². The van der Waals surface area contributed by atoms with Gasteiger partial charge in [-0.25, -0.2) is 14.0 Å². The molecule has 9 nitrogen and oxygen atoms in total. The topological polar surface area (TPSA) is 113 Å². The van der Waals surface area contributed by atoms with E-state index in [0.29, 0.717) is 26.3 Å². The van der Waals surface area contributed by atoms with Gasteiger partial charge in [0.15, 0.2) is 5.56 Å². The summed E-state index contributed by atoms with van der Waals surface area (Å²) in [5, 5.41) is 14.7. The fourth-order valence-corrected chi connectivity index (χ4v) is 3.59. The number of rotatable bonds is 8. The average Bonchev–Trinajstić information content (AvgIpc) is 3.10. The highest BCUT2D eigenvalue weighted by Gasteiger charge is 2.24. The minimum absolute atomic E-state index is 0.0470. The lowest BCUT2D eigenvalue weighted by atomic mass is 10.1. The van der Waals surface area contributed by atoms with Gasteiger partial charge in [-0.15, -0.1) is 0 Å². The van der Waals surface area contributed by atoms with Crippen LogP contribution in [0.3, 0.4) is 0 Å². The Hall–Kier alpha value is -2.76. The maximum Gasteiger partial charge on any atom is 0.344 e. The maximum atomic E-state index is 14.0. The number of aryl methyl sites for hydroxylation is 1. The number of carbonyl (C=O) groups is 2. The van der Waals surface area contributed by atoms with Gasteiger partial charge in [0.2, 0.25) is 5.88 Å². The SMILES string of the molecule is Cc1ccc(COc2nsc(NC(=O)NCCN3CCOCC3)c2C(=O)O)c(F)c1. The van der Waals surface area contributed by atoms with Gasteiger partial charge >= 0.3 is 12.0 Å². The van der Waals surface area contributed by atoms with Crippen LogP contribution in [-0.4, -0.2) is 65.8 Å². The summed E-state index contributed by atoms with van der Waals surface area (Å²) in [7, 11) is 0. The first-order valence-corrected chi connectivity index (χ1v) is 10.2. The van der Waals surface area contributed by atoms with E-state index in [1.165, 1.54) is 6.07 Å². The third-order valence-electron chi connectivity index (χ3n) is 4.49. The van der Waals surface area contributed by atoms with E-state index in [4.69, 9.17) is 9.47 Å². The Labute approximate surface area is 177 Å². The molecule has 3 N–H and O–H groups in total. The van der Waals surface area contributed by atoms with Crippen LogP contribution in [0.15, 0.2) is 18.2 Å². The molecule has 1 fully saturated rings. The first kappa shape index (κ1) is 21.9. The normalized spacial score (nSPS) is 14.3. The Kier molecular flexibility index (Phi) is 7.55. The lowest BCUT2D eigenvalue weighted by molar-refractivity contribution is 0.0388. The highest BCUT2D eigenvalue weighted by Crippen LogP contribution is 2.31. The Morgan fingerprint density at radius 1 is 1.37 bits per heavy atom. The van der Waals surface area contributed by atoms with Crippen molar-refractivity contribution in [2.45, 2.75) is 13.5 Å². The molecule has 0 bridgehead atoms. The summed E-state index contributed by atoms with van der Waals surface area (Å²) in [4.78, 5) is 25.9. The number of amides is 2. The fourth-order valence-electron chi connectivity index (χ4n) is 2.86. The number of nitrogens with zero attached hydrogens (tertiary/aromatic N) is 2. The van der Waals surface area contributed by atoms with Crippen LogP contribution in [0.25, 0.3) is 0 Å². The van der Waals surface area contributed by atoms with Gasteiger partial charge < -0.3 is 19.9 Å². The largest absolute Gasteiger partial charge is 0.477 e. The predicted octanol–water partition coefficient (Wildman–Crippen LogP) is 2.32. The van der Waals surface area contributed by atoms with Crippen molar-refractivity contribution in [2.75, 3.05) is 44.7 Å². The van der Waals surface area contributed by atoms with E-state index in [1.807, 2.05) is 0 Å². The molecule has 1 saturated heterocycles. The number of carbonyl (C=O) groups excluding carboxylic acids is 1. The molecule has 0 unspecified atom stereocenters. The van der Waals surface area contributed by atoms with E-state index in [2.05, 4.69) is 19.9 Å². The highest BCUT2D eigenvalue weighted by molar-refractivity contribution is 7.11. The predicted molar refractivity (Wildman–Crippen MR) is 109 cm³/mol. The molecule has 1 aliphatic heterocycles. The quantitative estimate of drug-likeness (QED) is 0.580. The summed E-state index contributed by atoms with van der Waals surface area (Å²) in [5.41, 5.74) is 0.776. The van der Waals surface area contributed by atoms with Gasteiger partial charge in [-0.05, 0) is 30.1 Å². The molecular weight excluding hydrogens is 415 g/mol. The van der Waals surface area contributed by atoms with Gasteiger partial charge in [0.05, 0.1) is 13.2 Å². The summed E-state index contributed by atoms with van der Waals surface area (Å²) in [5.74, 6) is -1.91. The zero-order chi connectivity index (χ0) is 21.5. The molecule has 1 aliphatic rings. The number of hydrogen-bond acceptors (Lipinski definition) is 7. The van der Waals surface area contributed by atoms with E-state index in [-0.39, 0.29) is 28.6 Å². The Balaban J connectivity index is 1.56. The van der Waals surface area contributed by atoms with Crippen molar-refractivity contribution in [2.24, 2.45) is 0 Å². The number of carboxylic acid groups (broad SMARTS) is 1. The van der Waals surface area contributed by atoms with E-state index < -0.39 is 17.8 Å². The van der Waals surface area contributed by atoms with Crippen LogP contribution in [0.1, 0.15) is 21.5 Å². The average molecular weight is 438 g/mol. The summed E-state index contributed by atoms with van der Waals surface area (Å²) in [6, 6.07) is 4.13. The molecule has 0 saturated carbocycles. The zero-order valence-corrected chi connectivity index (χ0v) is 17.3. The first-order valence-electron chi connectivity index (χ1n) is 9.40. The number of anilines is 1. The third kappa shape index (κ3) is 5.88. The maximum absolute atomic E-state index is 14.0.